The van der Waals surface area contributed by atoms with E-state index in [9.17, 15) is 13.2 Å². The molecule has 0 aliphatic heterocycles. The number of carbonyl (C=O) groups excluding carboxylic acids is 1. The Morgan fingerprint density at radius 1 is 0.871 bits per heavy atom. The van der Waals surface area contributed by atoms with Crippen LogP contribution in [0.15, 0.2) is 71.6 Å². The third-order valence-corrected chi connectivity index (χ3v) is 6.65. The van der Waals surface area contributed by atoms with Crippen molar-refractivity contribution in [2.24, 2.45) is 0 Å². The van der Waals surface area contributed by atoms with E-state index < -0.39 is 10.0 Å². The van der Waals surface area contributed by atoms with Crippen LogP contribution >= 0.6 is 0 Å². The zero-order valence-electron chi connectivity index (χ0n) is 17.5. The van der Waals surface area contributed by atoms with Crippen molar-refractivity contribution in [3.8, 4) is 0 Å². The lowest BCUT2D eigenvalue weighted by atomic mass is 10.1. The van der Waals surface area contributed by atoms with E-state index in [1.165, 1.54) is 6.07 Å². The number of nitrogens with one attached hydrogen (secondary N) is 3. The summed E-state index contributed by atoms with van der Waals surface area (Å²) < 4.78 is 28.6. The molecule has 3 aromatic carbocycles. The van der Waals surface area contributed by atoms with Gasteiger partial charge in [0.15, 0.2) is 0 Å². The Morgan fingerprint density at radius 2 is 1.65 bits per heavy atom. The molecule has 0 unspecified atom stereocenters. The molecule has 31 heavy (non-hydrogen) atoms. The highest BCUT2D eigenvalue weighted by atomic mass is 32.2. The molecule has 4 aromatic rings. The number of sulfonamides is 1. The third-order valence-electron chi connectivity index (χ3n) is 5.13. The van der Waals surface area contributed by atoms with Gasteiger partial charge >= 0.3 is 0 Å². The topological polar surface area (TPSA) is 91.1 Å². The van der Waals surface area contributed by atoms with Crippen LogP contribution in [0, 0.1) is 20.8 Å². The summed E-state index contributed by atoms with van der Waals surface area (Å²) in [5, 5.41) is 3.66. The maximum absolute atomic E-state index is 13.0. The zero-order chi connectivity index (χ0) is 22.2. The van der Waals surface area contributed by atoms with Crippen LogP contribution in [-0.2, 0) is 10.0 Å². The second kappa shape index (κ2) is 7.92. The first kappa shape index (κ1) is 20.7. The molecule has 1 heterocycles. The van der Waals surface area contributed by atoms with E-state index >= 15 is 0 Å². The van der Waals surface area contributed by atoms with Crippen molar-refractivity contribution in [1.29, 1.82) is 0 Å². The lowest BCUT2D eigenvalue weighted by molar-refractivity contribution is 0.102. The van der Waals surface area contributed by atoms with Gasteiger partial charge in [0.05, 0.1) is 10.5 Å². The second-order valence-corrected chi connectivity index (χ2v) is 9.23. The largest absolute Gasteiger partial charge is 0.358 e. The monoisotopic (exact) mass is 433 g/mol. The molecule has 158 valence electrons. The Morgan fingerprint density at radius 3 is 2.42 bits per heavy atom. The summed E-state index contributed by atoms with van der Waals surface area (Å²) in [4.78, 5) is 16.3. The quantitative estimate of drug-likeness (QED) is 0.407. The SMILES string of the molecule is Cc1cccc(NS(=O)(=O)c2cc(NC(=O)c3c(C)[nH]c4ccccc34)ccc2C)c1. The van der Waals surface area contributed by atoms with Gasteiger partial charge in [-0.3, -0.25) is 9.52 Å². The van der Waals surface area contributed by atoms with Crippen LogP contribution < -0.4 is 10.0 Å². The van der Waals surface area contributed by atoms with E-state index in [1.54, 1.807) is 37.3 Å². The van der Waals surface area contributed by atoms with Crippen molar-refractivity contribution in [3.05, 3.63) is 89.1 Å². The molecule has 0 spiro atoms. The van der Waals surface area contributed by atoms with Gasteiger partial charge in [-0.05, 0) is 62.2 Å². The Kier molecular flexibility index (Phi) is 5.29. The predicted octanol–water partition coefficient (Wildman–Crippen LogP) is 5.15. The zero-order valence-corrected chi connectivity index (χ0v) is 18.3. The van der Waals surface area contributed by atoms with Gasteiger partial charge in [-0.1, -0.05) is 36.4 Å². The minimum atomic E-state index is -3.82. The summed E-state index contributed by atoms with van der Waals surface area (Å²) in [5.74, 6) is -0.297. The molecular weight excluding hydrogens is 410 g/mol. The molecule has 0 atom stereocenters. The molecule has 3 N–H and O–H groups in total. The van der Waals surface area contributed by atoms with Crippen molar-refractivity contribution in [3.63, 3.8) is 0 Å². The molecule has 1 aromatic heterocycles. The van der Waals surface area contributed by atoms with E-state index in [2.05, 4.69) is 15.0 Å². The number of fused-ring (bicyclic) bond motifs is 1. The molecule has 0 saturated carbocycles. The number of carbonyl (C=O) groups is 1. The van der Waals surface area contributed by atoms with E-state index in [0.717, 1.165) is 22.2 Å². The van der Waals surface area contributed by atoms with Crippen LogP contribution in [0.25, 0.3) is 10.9 Å². The van der Waals surface area contributed by atoms with Crippen molar-refractivity contribution in [2.45, 2.75) is 25.7 Å². The summed E-state index contributed by atoms with van der Waals surface area (Å²) in [5.41, 5.74) is 4.60. The fourth-order valence-electron chi connectivity index (χ4n) is 3.65. The van der Waals surface area contributed by atoms with Gasteiger partial charge in [-0.2, -0.15) is 0 Å². The molecular formula is C24H23N3O3S. The number of amides is 1. The molecule has 0 aliphatic carbocycles. The first-order chi connectivity index (χ1) is 14.7. The minimum absolute atomic E-state index is 0.113. The number of benzene rings is 3. The van der Waals surface area contributed by atoms with Crippen LogP contribution in [0.2, 0.25) is 0 Å². The van der Waals surface area contributed by atoms with Gasteiger partial charge in [0.25, 0.3) is 15.9 Å². The standard InChI is InChI=1S/C24H23N3O3S/c1-15-7-6-8-19(13-15)27-31(29,30)22-14-18(12-11-16(22)2)26-24(28)23-17(3)25-21-10-5-4-9-20(21)23/h4-14,25,27H,1-3H3,(H,26,28). The summed E-state index contributed by atoms with van der Waals surface area (Å²) in [7, 11) is -3.82. The summed E-state index contributed by atoms with van der Waals surface area (Å²) >= 11 is 0. The number of aryl methyl sites for hydroxylation is 3. The van der Waals surface area contributed by atoms with E-state index in [4.69, 9.17) is 0 Å². The highest BCUT2D eigenvalue weighted by Crippen LogP contribution is 2.26. The fourth-order valence-corrected chi connectivity index (χ4v) is 4.97. The molecule has 7 heteroatoms. The molecule has 1 amide bonds. The van der Waals surface area contributed by atoms with Crippen molar-refractivity contribution in [1.82, 2.24) is 4.98 Å². The summed E-state index contributed by atoms with van der Waals surface area (Å²) in [6, 6.07) is 19.6. The van der Waals surface area contributed by atoms with Crippen LogP contribution in [-0.4, -0.2) is 19.3 Å². The number of hydrogen-bond acceptors (Lipinski definition) is 3. The molecule has 0 radical (unpaired) electrons. The molecule has 0 aliphatic rings. The maximum atomic E-state index is 13.0. The van der Waals surface area contributed by atoms with Crippen LogP contribution in [0.1, 0.15) is 27.2 Å². The summed E-state index contributed by atoms with van der Waals surface area (Å²) in [6.07, 6.45) is 0. The highest BCUT2D eigenvalue weighted by molar-refractivity contribution is 7.92. The average molecular weight is 434 g/mol. The average Bonchev–Trinajstić information content (AvgIpc) is 3.04. The molecule has 6 nitrogen and oxygen atoms in total. The second-order valence-electron chi connectivity index (χ2n) is 7.58. The first-order valence-electron chi connectivity index (χ1n) is 9.83. The molecule has 0 fully saturated rings. The maximum Gasteiger partial charge on any atom is 0.262 e. The lowest BCUT2D eigenvalue weighted by Crippen LogP contribution is -2.16. The highest BCUT2D eigenvalue weighted by Gasteiger charge is 2.20. The van der Waals surface area contributed by atoms with Crippen LogP contribution in [0.3, 0.4) is 0 Å². The Balaban J connectivity index is 1.64. The fraction of sp³-hybridized carbons (Fsp3) is 0.125. The van der Waals surface area contributed by atoms with E-state index in [-0.39, 0.29) is 10.8 Å². The van der Waals surface area contributed by atoms with Gasteiger partial charge in [0, 0.05) is 28.0 Å². The Labute approximate surface area is 181 Å². The van der Waals surface area contributed by atoms with E-state index in [1.807, 2.05) is 44.2 Å². The first-order valence-corrected chi connectivity index (χ1v) is 11.3. The van der Waals surface area contributed by atoms with Gasteiger partial charge in [0.2, 0.25) is 0 Å². The van der Waals surface area contributed by atoms with Gasteiger partial charge in [-0.25, -0.2) is 8.42 Å². The van der Waals surface area contributed by atoms with Crippen molar-refractivity contribution in [2.75, 3.05) is 10.0 Å². The van der Waals surface area contributed by atoms with Gasteiger partial charge in [0.1, 0.15) is 0 Å². The van der Waals surface area contributed by atoms with Crippen molar-refractivity contribution >= 4 is 38.2 Å². The number of H-pyrrole nitrogens is 1. The number of aromatic nitrogens is 1. The lowest BCUT2D eigenvalue weighted by Gasteiger charge is -2.13. The number of aromatic amines is 1. The number of rotatable bonds is 5. The van der Waals surface area contributed by atoms with Gasteiger partial charge in [-0.15, -0.1) is 0 Å². The molecule has 0 saturated heterocycles. The molecule has 0 bridgehead atoms. The Hall–Kier alpha value is -3.58. The van der Waals surface area contributed by atoms with Gasteiger partial charge < -0.3 is 10.3 Å². The smallest absolute Gasteiger partial charge is 0.262 e. The number of para-hydroxylation sites is 1. The summed E-state index contributed by atoms with van der Waals surface area (Å²) in [6.45, 7) is 5.46. The normalized spacial score (nSPS) is 11.5. The van der Waals surface area contributed by atoms with Crippen LogP contribution in [0.4, 0.5) is 11.4 Å². The minimum Gasteiger partial charge on any atom is -0.358 e. The van der Waals surface area contributed by atoms with E-state index in [0.29, 0.717) is 22.5 Å². The van der Waals surface area contributed by atoms with Crippen molar-refractivity contribution < 1.29 is 13.2 Å². The van der Waals surface area contributed by atoms with Crippen LogP contribution in [0.5, 0.6) is 0 Å². The predicted molar refractivity (Wildman–Crippen MR) is 124 cm³/mol. The third kappa shape index (κ3) is 4.18. The number of hydrogen-bond donors (Lipinski definition) is 3. The Bertz CT molecular complexity index is 1400. The molecule has 4 rings (SSSR count). The number of anilines is 2.